The van der Waals surface area contributed by atoms with E-state index >= 15 is 0 Å². The Bertz CT molecular complexity index is 423. The molecule has 1 rings (SSSR count). The molecule has 0 fully saturated rings. The van der Waals surface area contributed by atoms with Crippen molar-refractivity contribution in [3.63, 3.8) is 0 Å². The summed E-state index contributed by atoms with van der Waals surface area (Å²) in [6, 6.07) is 3.41. The van der Waals surface area contributed by atoms with E-state index in [-0.39, 0.29) is 17.1 Å². The molecule has 3 nitrogen and oxygen atoms in total. The van der Waals surface area contributed by atoms with Gasteiger partial charge in [0.05, 0.1) is 10.6 Å². The van der Waals surface area contributed by atoms with Crippen molar-refractivity contribution >= 4 is 23.1 Å². The van der Waals surface area contributed by atoms with Gasteiger partial charge in [0.2, 0.25) is 0 Å². The highest BCUT2D eigenvalue weighted by Crippen LogP contribution is 2.10. The summed E-state index contributed by atoms with van der Waals surface area (Å²) in [5, 5.41) is 2.39. The predicted octanol–water partition coefficient (Wildman–Crippen LogP) is 1.37. The number of carbonyl (C=O) groups excluding carboxylic acids is 1. The average molecular weight is 244 g/mol. The van der Waals surface area contributed by atoms with Crippen LogP contribution in [-0.4, -0.2) is 17.4 Å². The number of thiocarbonyl (C=S) groups is 1. The van der Waals surface area contributed by atoms with Gasteiger partial charge in [-0.3, -0.25) is 4.79 Å². The molecule has 86 valence electrons. The molecule has 0 aliphatic rings. The van der Waals surface area contributed by atoms with Crippen LogP contribution in [0.4, 0.5) is 8.78 Å². The van der Waals surface area contributed by atoms with Crippen molar-refractivity contribution in [2.24, 2.45) is 5.73 Å². The maximum atomic E-state index is 13.2. The molecule has 0 atom stereocenters. The van der Waals surface area contributed by atoms with Crippen molar-refractivity contribution < 1.29 is 13.6 Å². The van der Waals surface area contributed by atoms with Crippen LogP contribution in [0.1, 0.15) is 16.8 Å². The lowest BCUT2D eigenvalue weighted by Gasteiger charge is -2.05. The molecule has 6 heteroatoms. The van der Waals surface area contributed by atoms with Crippen molar-refractivity contribution in [3.05, 3.63) is 35.4 Å². The van der Waals surface area contributed by atoms with Gasteiger partial charge < -0.3 is 11.1 Å². The first-order valence-corrected chi connectivity index (χ1v) is 4.93. The first-order valence-electron chi connectivity index (χ1n) is 4.53. The fourth-order valence-electron chi connectivity index (χ4n) is 1.07. The Hall–Kier alpha value is -1.56. The van der Waals surface area contributed by atoms with Gasteiger partial charge >= 0.3 is 0 Å². The summed E-state index contributed by atoms with van der Waals surface area (Å²) in [4.78, 5) is 11.6. The van der Waals surface area contributed by atoms with Gasteiger partial charge in [-0.25, -0.2) is 8.78 Å². The Labute approximate surface area is 96.6 Å². The maximum Gasteiger partial charge on any atom is 0.254 e. The van der Waals surface area contributed by atoms with Gasteiger partial charge in [-0.05, 0) is 12.1 Å². The lowest BCUT2D eigenvalue weighted by atomic mass is 10.2. The van der Waals surface area contributed by atoms with Crippen LogP contribution in [0.25, 0.3) is 0 Å². The quantitative estimate of drug-likeness (QED) is 0.786. The molecular formula is C10H10F2N2OS. The van der Waals surface area contributed by atoms with Gasteiger partial charge in [0.25, 0.3) is 5.91 Å². The second kappa shape index (κ2) is 5.50. The van der Waals surface area contributed by atoms with E-state index in [4.69, 9.17) is 5.73 Å². The predicted molar refractivity (Wildman–Crippen MR) is 60.1 cm³/mol. The first-order chi connectivity index (χ1) is 7.52. The molecule has 0 heterocycles. The molecule has 0 aliphatic carbocycles. The molecule has 0 unspecified atom stereocenters. The second-order valence-electron chi connectivity index (χ2n) is 3.07. The van der Waals surface area contributed by atoms with Gasteiger partial charge in [-0.1, -0.05) is 18.3 Å². The summed E-state index contributed by atoms with van der Waals surface area (Å²) in [6.45, 7) is 0.199. The van der Waals surface area contributed by atoms with Crippen LogP contribution in [0.2, 0.25) is 0 Å². The number of rotatable bonds is 4. The third-order valence-corrected chi connectivity index (χ3v) is 2.06. The summed E-state index contributed by atoms with van der Waals surface area (Å²) >= 11 is 4.60. The molecule has 0 aliphatic heterocycles. The number of carbonyl (C=O) groups is 1. The molecule has 0 spiro atoms. The van der Waals surface area contributed by atoms with Crippen molar-refractivity contribution in [3.8, 4) is 0 Å². The van der Waals surface area contributed by atoms with E-state index in [0.717, 1.165) is 6.07 Å². The molecule has 0 aromatic heterocycles. The Morgan fingerprint density at radius 1 is 1.44 bits per heavy atom. The van der Waals surface area contributed by atoms with E-state index in [9.17, 15) is 13.6 Å². The first kappa shape index (κ1) is 12.5. The highest BCUT2D eigenvalue weighted by molar-refractivity contribution is 7.80. The van der Waals surface area contributed by atoms with E-state index in [1.165, 1.54) is 12.1 Å². The molecule has 16 heavy (non-hydrogen) atoms. The fourth-order valence-corrected chi connectivity index (χ4v) is 1.18. The highest BCUT2D eigenvalue weighted by atomic mass is 32.1. The van der Waals surface area contributed by atoms with Gasteiger partial charge in [0.1, 0.15) is 0 Å². The number of hydrogen-bond acceptors (Lipinski definition) is 2. The third-order valence-electron chi connectivity index (χ3n) is 1.85. The monoisotopic (exact) mass is 244 g/mol. The molecular weight excluding hydrogens is 234 g/mol. The minimum Gasteiger partial charge on any atom is -0.393 e. The van der Waals surface area contributed by atoms with Crippen LogP contribution in [0, 0.1) is 11.6 Å². The standard InChI is InChI=1S/C10H10F2N2OS/c11-7-3-1-2-6(9(7)12)10(15)14-5-4-8(13)16/h1-3H,4-5H2,(H2,13,16)(H,14,15). The second-order valence-corrected chi connectivity index (χ2v) is 3.60. The third kappa shape index (κ3) is 3.23. The van der Waals surface area contributed by atoms with Crippen LogP contribution in [0.15, 0.2) is 18.2 Å². The number of nitrogens with two attached hydrogens (primary N) is 1. The van der Waals surface area contributed by atoms with Crippen molar-refractivity contribution in [1.82, 2.24) is 5.32 Å². The van der Waals surface area contributed by atoms with Gasteiger partial charge in [0.15, 0.2) is 11.6 Å². The van der Waals surface area contributed by atoms with Gasteiger partial charge in [-0.15, -0.1) is 0 Å². The summed E-state index contributed by atoms with van der Waals surface area (Å²) in [5.74, 6) is -2.90. The largest absolute Gasteiger partial charge is 0.393 e. The zero-order valence-corrected chi connectivity index (χ0v) is 9.11. The zero-order chi connectivity index (χ0) is 12.1. The van der Waals surface area contributed by atoms with Crippen LogP contribution < -0.4 is 11.1 Å². The molecule has 0 saturated carbocycles. The molecule has 3 N–H and O–H groups in total. The minimum atomic E-state index is -1.16. The molecule has 1 aromatic rings. The van der Waals surface area contributed by atoms with Crippen molar-refractivity contribution in [2.75, 3.05) is 6.54 Å². The highest BCUT2D eigenvalue weighted by Gasteiger charge is 2.14. The summed E-state index contributed by atoms with van der Waals surface area (Å²) in [5.41, 5.74) is 4.89. The maximum absolute atomic E-state index is 13.2. The van der Waals surface area contributed by atoms with E-state index < -0.39 is 17.5 Å². The normalized spacial score (nSPS) is 9.88. The van der Waals surface area contributed by atoms with Gasteiger partial charge in [0, 0.05) is 13.0 Å². The van der Waals surface area contributed by atoms with Crippen LogP contribution in [-0.2, 0) is 0 Å². The smallest absolute Gasteiger partial charge is 0.254 e. The number of benzene rings is 1. The number of nitrogens with one attached hydrogen (secondary N) is 1. The fraction of sp³-hybridized carbons (Fsp3) is 0.200. The minimum absolute atomic E-state index is 0.199. The molecule has 1 aromatic carbocycles. The van der Waals surface area contributed by atoms with E-state index in [1.54, 1.807) is 0 Å². The summed E-state index contributed by atoms with van der Waals surface area (Å²) in [7, 11) is 0. The van der Waals surface area contributed by atoms with Crippen LogP contribution in [0.3, 0.4) is 0 Å². The zero-order valence-electron chi connectivity index (χ0n) is 8.30. The Kier molecular flexibility index (Phi) is 4.30. The van der Waals surface area contributed by atoms with E-state index in [1.807, 2.05) is 0 Å². The number of amides is 1. The average Bonchev–Trinajstić information content (AvgIpc) is 2.21. The van der Waals surface area contributed by atoms with Crippen LogP contribution in [0.5, 0.6) is 0 Å². The lowest BCUT2D eigenvalue weighted by Crippen LogP contribution is -2.28. The van der Waals surface area contributed by atoms with Crippen molar-refractivity contribution in [2.45, 2.75) is 6.42 Å². The molecule has 0 bridgehead atoms. The number of hydrogen-bond donors (Lipinski definition) is 2. The Morgan fingerprint density at radius 2 is 2.12 bits per heavy atom. The molecule has 0 radical (unpaired) electrons. The number of halogens is 2. The summed E-state index contributed by atoms with van der Waals surface area (Å²) < 4.78 is 25.9. The van der Waals surface area contributed by atoms with Crippen molar-refractivity contribution in [1.29, 1.82) is 0 Å². The Balaban J connectivity index is 2.66. The van der Waals surface area contributed by atoms with E-state index in [0.29, 0.717) is 6.42 Å². The molecule has 1 amide bonds. The molecule has 0 saturated heterocycles. The Morgan fingerprint density at radius 3 is 2.75 bits per heavy atom. The lowest BCUT2D eigenvalue weighted by molar-refractivity contribution is 0.0949. The van der Waals surface area contributed by atoms with Crippen LogP contribution >= 0.6 is 12.2 Å². The van der Waals surface area contributed by atoms with Gasteiger partial charge in [-0.2, -0.15) is 0 Å². The summed E-state index contributed by atoms with van der Waals surface area (Å²) in [6.07, 6.45) is 0.317. The van der Waals surface area contributed by atoms with E-state index in [2.05, 4.69) is 17.5 Å². The SMILES string of the molecule is NC(=S)CCNC(=O)c1cccc(F)c1F. The topological polar surface area (TPSA) is 55.1 Å².